The van der Waals surface area contributed by atoms with E-state index < -0.39 is 21.9 Å². The van der Waals surface area contributed by atoms with Gasteiger partial charge in [-0.2, -0.15) is 0 Å². The second-order valence-electron chi connectivity index (χ2n) is 4.17. The van der Waals surface area contributed by atoms with Crippen molar-refractivity contribution >= 4 is 15.7 Å². The largest absolute Gasteiger partial charge is 0.490 e. The Hall–Kier alpha value is -1.47. The molecule has 0 heterocycles. The third-order valence-electron chi connectivity index (χ3n) is 2.59. The second kappa shape index (κ2) is 7.35. The number of rotatable bonds is 8. The van der Waals surface area contributed by atoms with Gasteiger partial charge in [-0.05, 0) is 32.9 Å². The number of anilines is 1. The lowest BCUT2D eigenvalue weighted by molar-refractivity contribution is 0.288. The van der Waals surface area contributed by atoms with E-state index in [1.54, 1.807) is 18.2 Å². The maximum absolute atomic E-state index is 11.9. The predicted octanol–water partition coefficient (Wildman–Crippen LogP) is 1.61. The van der Waals surface area contributed by atoms with Crippen LogP contribution in [0, 0.1) is 0 Å². The first kappa shape index (κ1) is 16.6. The highest BCUT2D eigenvalue weighted by Crippen LogP contribution is 2.31. The normalized spacial score (nSPS) is 12.8. The van der Waals surface area contributed by atoms with Crippen LogP contribution in [-0.4, -0.2) is 38.6 Å². The molecule has 6 nitrogen and oxygen atoms in total. The molecule has 0 amide bonds. The molecule has 0 aliphatic carbocycles. The van der Waals surface area contributed by atoms with E-state index in [4.69, 9.17) is 14.6 Å². The van der Waals surface area contributed by atoms with Crippen molar-refractivity contribution in [3.8, 4) is 11.5 Å². The van der Waals surface area contributed by atoms with Crippen LogP contribution in [0.4, 0.5) is 5.69 Å². The molecule has 0 fully saturated rings. The van der Waals surface area contributed by atoms with Crippen LogP contribution in [0.25, 0.3) is 0 Å². The standard InChI is InChI=1S/C13H21NO5S/c1-4-18-12-7-6-11(8-13(12)19-5-2)14-20(16,17)10(3)9-15/h6-8,10,14-15H,4-5,9H2,1-3H3. The van der Waals surface area contributed by atoms with Gasteiger partial charge in [0.05, 0.1) is 25.5 Å². The molecule has 0 bridgehead atoms. The zero-order chi connectivity index (χ0) is 15.2. The Balaban J connectivity index is 3.00. The van der Waals surface area contributed by atoms with E-state index in [9.17, 15) is 8.42 Å². The van der Waals surface area contributed by atoms with Crippen LogP contribution in [0.1, 0.15) is 20.8 Å². The lowest BCUT2D eigenvalue weighted by Crippen LogP contribution is -2.28. The maximum Gasteiger partial charge on any atom is 0.237 e. The van der Waals surface area contributed by atoms with Gasteiger partial charge in [0.15, 0.2) is 11.5 Å². The summed E-state index contributed by atoms with van der Waals surface area (Å²) in [4.78, 5) is 0. The third-order valence-corrected chi connectivity index (χ3v) is 4.32. The van der Waals surface area contributed by atoms with E-state index in [2.05, 4.69) is 4.72 Å². The van der Waals surface area contributed by atoms with Crippen molar-refractivity contribution in [3.63, 3.8) is 0 Å². The summed E-state index contributed by atoms with van der Waals surface area (Å²) >= 11 is 0. The summed E-state index contributed by atoms with van der Waals surface area (Å²) in [6, 6.07) is 4.81. The number of benzene rings is 1. The van der Waals surface area contributed by atoms with Crippen LogP contribution >= 0.6 is 0 Å². The highest BCUT2D eigenvalue weighted by atomic mass is 32.2. The minimum absolute atomic E-state index is 0.372. The molecule has 0 saturated heterocycles. The van der Waals surface area contributed by atoms with Crippen LogP contribution in [0.3, 0.4) is 0 Å². The molecular weight excluding hydrogens is 282 g/mol. The van der Waals surface area contributed by atoms with E-state index >= 15 is 0 Å². The van der Waals surface area contributed by atoms with Gasteiger partial charge in [-0.25, -0.2) is 8.42 Å². The van der Waals surface area contributed by atoms with Gasteiger partial charge >= 0.3 is 0 Å². The summed E-state index contributed by atoms with van der Waals surface area (Å²) in [7, 11) is -3.62. The fourth-order valence-electron chi connectivity index (χ4n) is 1.48. The van der Waals surface area contributed by atoms with E-state index in [0.29, 0.717) is 30.4 Å². The summed E-state index contributed by atoms with van der Waals surface area (Å²) in [5.74, 6) is 1.04. The molecule has 1 aromatic carbocycles. The molecule has 1 unspecified atom stereocenters. The fourth-order valence-corrected chi connectivity index (χ4v) is 2.33. The van der Waals surface area contributed by atoms with Crippen molar-refractivity contribution in [2.24, 2.45) is 0 Å². The van der Waals surface area contributed by atoms with Crippen molar-refractivity contribution in [1.82, 2.24) is 0 Å². The van der Waals surface area contributed by atoms with Crippen molar-refractivity contribution in [1.29, 1.82) is 0 Å². The minimum atomic E-state index is -3.62. The van der Waals surface area contributed by atoms with E-state index in [-0.39, 0.29) is 0 Å². The smallest absolute Gasteiger partial charge is 0.237 e. The molecule has 1 aromatic rings. The molecule has 0 aliphatic rings. The van der Waals surface area contributed by atoms with E-state index in [1.807, 2.05) is 13.8 Å². The molecule has 114 valence electrons. The van der Waals surface area contributed by atoms with Crippen LogP contribution in [-0.2, 0) is 10.0 Å². The van der Waals surface area contributed by atoms with Crippen LogP contribution in [0.5, 0.6) is 11.5 Å². The zero-order valence-corrected chi connectivity index (χ0v) is 12.7. The Kier molecular flexibility index (Phi) is 6.09. The first-order valence-corrected chi connectivity index (χ1v) is 8.01. The molecule has 0 aromatic heterocycles. The summed E-state index contributed by atoms with van der Waals surface area (Å²) < 4.78 is 37.0. The Labute approximate surface area is 119 Å². The molecular formula is C13H21NO5S. The van der Waals surface area contributed by atoms with Gasteiger partial charge in [-0.3, -0.25) is 4.72 Å². The number of nitrogens with one attached hydrogen (secondary N) is 1. The topological polar surface area (TPSA) is 84.9 Å². The lowest BCUT2D eigenvalue weighted by Gasteiger charge is -2.15. The Morgan fingerprint density at radius 2 is 1.80 bits per heavy atom. The monoisotopic (exact) mass is 303 g/mol. The van der Waals surface area contributed by atoms with Crippen LogP contribution in [0.2, 0.25) is 0 Å². The lowest BCUT2D eigenvalue weighted by atomic mass is 10.3. The van der Waals surface area contributed by atoms with Crippen molar-refractivity contribution < 1.29 is 23.0 Å². The Morgan fingerprint density at radius 1 is 1.20 bits per heavy atom. The average Bonchev–Trinajstić information content (AvgIpc) is 2.40. The molecule has 2 N–H and O–H groups in total. The first-order valence-electron chi connectivity index (χ1n) is 6.46. The molecule has 0 saturated carbocycles. The summed E-state index contributed by atoms with van der Waals surface area (Å²) in [5.41, 5.74) is 0.372. The number of hydrogen-bond acceptors (Lipinski definition) is 5. The molecule has 7 heteroatoms. The van der Waals surface area contributed by atoms with E-state index in [0.717, 1.165) is 0 Å². The molecule has 1 rings (SSSR count). The number of aliphatic hydroxyl groups is 1. The number of ether oxygens (including phenoxy) is 2. The van der Waals surface area contributed by atoms with Gasteiger partial charge in [0.25, 0.3) is 0 Å². The molecule has 20 heavy (non-hydrogen) atoms. The van der Waals surface area contributed by atoms with Crippen molar-refractivity contribution in [3.05, 3.63) is 18.2 Å². The van der Waals surface area contributed by atoms with Gasteiger partial charge in [0.2, 0.25) is 10.0 Å². The predicted molar refractivity (Wildman–Crippen MR) is 77.9 cm³/mol. The molecule has 0 spiro atoms. The quantitative estimate of drug-likeness (QED) is 0.762. The number of aliphatic hydroxyl groups excluding tert-OH is 1. The van der Waals surface area contributed by atoms with Crippen molar-refractivity contribution in [2.45, 2.75) is 26.0 Å². The van der Waals surface area contributed by atoms with Crippen molar-refractivity contribution in [2.75, 3.05) is 24.5 Å². The van der Waals surface area contributed by atoms with Gasteiger partial charge in [-0.1, -0.05) is 0 Å². The summed E-state index contributed by atoms with van der Waals surface area (Å²) in [6.07, 6.45) is 0. The number of sulfonamides is 1. The highest BCUT2D eigenvalue weighted by Gasteiger charge is 2.20. The van der Waals surface area contributed by atoms with Gasteiger partial charge in [0, 0.05) is 6.07 Å². The maximum atomic E-state index is 11.9. The molecule has 1 atom stereocenters. The molecule has 0 radical (unpaired) electrons. The van der Waals surface area contributed by atoms with Gasteiger partial charge < -0.3 is 14.6 Å². The van der Waals surface area contributed by atoms with Gasteiger partial charge in [-0.15, -0.1) is 0 Å². The minimum Gasteiger partial charge on any atom is -0.490 e. The Bertz CT molecular complexity index is 530. The zero-order valence-electron chi connectivity index (χ0n) is 11.9. The van der Waals surface area contributed by atoms with E-state index in [1.165, 1.54) is 6.92 Å². The second-order valence-corrected chi connectivity index (χ2v) is 6.27. The Morgan fingerprint density at radius 3 is 2.35 bits per heavy atom. The fraction of sp³-hybridized carbons (Fsp3) is 0.538. The highest BCUT2D eigenvalue weighted by molar-refractivity contribution is 7.93. The van der Waals surface area contributed by atoms with Gasteiger partial charge in [0.1, 0.15) is 5.25 Å². The first-order chi connectivity index (χ1) is 9.44. The average molecular weight is 303 g/mol. The third kappa shape index (κ3) is 4.28. The van der Waals surface area contributed by atoms with Crippen LogP contribution < -0.4 is 14.2 Å². The summed E-state index contributed by atoms with van der Waals surface area (Å²) in [6.45, 7) is 5.62. The molecule has 0 aliphatic heterocycles. The summed E-state index contributed by atoms with van der Waals surface area (Å²) in [5, 5.41) is 8.05. The van der Waals surface area contributed by atoms with Crippen LogP contribution in [0.15, 0.2) is 18.2 Å². The number of hydrogen-bond donors (Lipinski definition) is 2. The SMILES string of the molecule is CCOc1ccc(NS(=O)(=O)C(C)CO)cc1OCC.